The predicted octanol–water partition coefficient (Wildman–Crippen LogP) is 7.42. The van der Waals surface area contributed by atoms with Gasteiger partial charge in [0, 0.05) is 10.0 Å². The minimum atomic E-state index is -4.64. The largest absolute Gasteiger partial charge is 0.487 e. The van der Waals surface area contributed by atoms with Gasteiger partial charge in [-0.25, -0.2) is 9.50 Å². The van der Waals surface area contributed by atoms with Crippen LogP contribution in [0, 0.1) is 0 Å². The molecule has 0 aliphatic rings. The number of ether oxygens (including phenoxy) is 1. The molecule has 0 bridgehead atoms. The summed E-state index contributed by atoms with van der Waals surface area (Å²) in [5.74, 6) is 0.595. The number of halogens is 4. The van der Waals surface area contributed by atoms with Crippen molar-refractivity contribution in [2.24, 2.45) is 0 Å². The highest BCUT2D eigenvalue weighted by Gasteiger charge is 2.36. The summed E-state index contributed by atoms with van der Waals surface area (Å²) in [7, 11) is 0. The topological polar surface area (TPSA) is 39.4 Å². The Hall–Kier alpha value is -3.65. The van der Waals surface area contributed by atoms with Gasteiger partial charge >= 0.3 is 6.18 Å². The van der Waals surface area contributed by atoms with Gasteiger partial charge in [0.25, 0.3) is 0 Å². The molecule has 2 heterocycles. The van der Waals surface area contributed by atoms with E-state index in [9.17, 15) is 13.2 Å². The van der Waals surface area contributed by atoms with Gasteiger partial charge < -0.3 is 4.74 Å². The Labute approximate surface area is 201 Å². The van der Waals surface area contributed by atoms with Crippen molar-refractivity contribution in [1.29, 1.82) is 0 Å². The summed E-state index contributed by atoms with van der Waals surface area (Å²) in [6.07, 6.45) is -4.64. The monoisotopic (exact) mass is 523 g/mol. The van der Waals surface area contributed by atoms with Gasteiger partial charge in [0.2, 0.25) is 0 Å². The molecule has 0 fully saturated rings. The molecule has 3 aromatic carbocycles. The molecule has 5 aromatic rings. The molecule has 8 heteroatoms. The quantitative estimate of drug-likeness (QED) is 0.240. The van der Waals surface area contributed by atoms with Crippen molar-refractivity contribution >= 4 is 21.6 Å². The summed E-state index contributed by atoms with van der Waals surface area (Å²) in [4.78, 5) is 4.63. The minimum absolute atomic E-state index is 0.0114. The molecule has 4 nitrogen and oxygen atoms in total. The summed E-state index contributed by atoms with van der Waals surface area (Å²) in [5, 5.41) is 4.32. The fourth-order valence-electron chi connectivity index (χ4n) is 3.70. The SMILES string of the molecule is FC(F)(F)c1cc(-c2ccc(Br)cc2)nc2c(-c3ccccc3)c(COc3ccccc3)nn12. The van der Waals surface area contributed by atoms with E-state index in [4.69, 9.17) is 4.74 Å². The third-order valence-electron chi connectivity index (χ3n) is 5.27. The van der Waals surface area contributed by atoms with Crippen LogP contribution in [0.25, 0.3) is 28.0 Å². The number of rotatable bonds is 5. The van der Waals surface area contributed by atoms with Crippen molar-refractivity contribution in [1.82, 2.24) is 14.6 Å². The maximum absolute atomic E-state index is 14.1. The van der Waals surface area contributed by atoms with Crippen molar-refractivity contribution in [2.75, 3.05) is 0 Å². The lowest BCUT2D eigenvalue weighted by molar-refractivity contribution is -0.142. The molecule has 34 heavy (non-hydrogen) atoms. The average molecular weight is 524 g/mol. The van der Waals surface area contributed by atoms with Crippen LogP contribution >= 0.6 is 15.9 Å². The lowest BCUT2D eigenvalue weighted by Gasteiger charge is -2.12. The highest BCUT2D eigenvalue weighted by Crippen LogP contribution is 2.36. The molecule has 0 atom stereocenters. The van der Waals surface area contributed by atoms with E-state index >= 15 is 0 Å². The lowest BCUT2D eigenvalue weighted by Crippen LogP contribution is -2.14. The Bertz CT molecular complexity index is 1430. The first-order valence-electron chi connectivity index (χ1n) is 10.4. The molecule has 0 aliphatic heterocycles. The molecular formula is C26H17BrF3N3O. The first-order valence-corrected chi connectivity index (χ1v) is 11.2. The van der Waals surface area contributed by atoms with Crippen LogP contribution in [-0.4, -0.2) is 14.6 Å². The van der Waals surface area contributed by atoms with Crippen LogP contribution in [0.1, 0.15) is 11.4 Å². The van der Waals surface area contributed by atoms with Gasteiger partial charge in [-0.2, -0.15) is 18.3 Å². The molecule has 0 saturated heterocycles. The number of fused-ring (bicyclic) bond motifs is 1. The van der Waals surface area contributed by atoms with Crippen LogP contribution in [0.4, 0.5) is 13.2 Å². The number of hydrogen-bond donors (Lipinski definition) is 0. The predicted molar refractivity (Wildman–Crippen MR) is 127 cm³/mol. The van der Waals surface area contributed by atoms with Crippen LogP contribution in [0.2, 0.25) is 0 Å². The van der Waals surface area contributed by atoms with E-state index in [1.807, 2.05) is 48.5 Å². The number of alkyl halides is 3. The van der Waals surface area contributed by atoms with E-state index < -0.39 is 11.9 Å². The van der Waals surface area contributed by atoms with E-state index in [1.54, 1.807) is 36.4 Å². The third-order valence-corrected chi connectivity index (χ3v) is 5.80. The summed E-state index contributed by atoms with van der Waals surface area (Å²) in [5.41, 5.74) is 1.56. The second kappa shape index (κ2) is 8.95. The van der Waals surface area contributed by atoms with Crippen molar-refractivity contribution in [3.63, 3.8) is 0 Å². The first-order chi connectivity index (χ1) is 16.4. The second-order valence-corrected chi connectivity index (χ2v) is 8.47. The normalized spacial score (nSPS) is 11.6. The average Bonchev–Trinajstić information content (AvgIpc) is 3.21. The molecule has 0 radical (unpaired) electrons. The summed E-state index contributed by atoms with van der Waals surface area (Å²) >= 11 is 3.36. The first kappa shape index (κ1) is 22.2. The molecule has 0 amide bonds. The summed E-state index contributed by atoms with van der Waals surface area (Å²) in [6.45, 7) is -0.0114. The van der Waals surface area contributed by atoms with Gasteiger partial charge in [0.15, 0.2) is 11.3 Å². The zero-order valence-corrected chi connectivity index (χ0v) is 19.2. The number of hydrogen-bond acceptors (Lipinski definition) is 3. The smallest absolute Gasteiger partial charge is 0.433 e. The van der Waals surface area contributed by atoms with Crippen LogP contribution < -0.4 is 4.74 Å². The molecule has 5 rings (SSSR count). The molecule has 0 saturated carbocycles. The Balaban J connectivity index is 1.74. The van der Waals surface area contributed by atoms with Gasteiger partial charge in [-0.15, -0.1) is 0 Å². The van der Waals surface area contributed by atoms with E-state index in [2.05, 4.69) is 26.0 Å². The molecule has 170 valence electrons. The number of benzene rings is 3. The zero-order chi connectivity index (χ0) is 23.7. The van der Waals surface area contributed by atoms with Crippen LogP contribution in [0.3, 0.4) is 0 Å². The van der Waals surface area contributed by atoms with E-state index in [0.717, 1.165) is 15.1 Å². The maximum Gasteiger partial charge on any atom is 0.433 e. The van der Waals surface area contributed by atoms with E-state index in [0.29, 0.717) is 28.1 Å². The summed E-state index contributed by atoms with van der Waals surface area (Å²) in [6, 6.07) is 26.2. The molecule has 0 spiro atoms. The molecule has 2 aromatic heterocycles. The number of para-hydroxylation sites is 1. The molecular weight excluding hydrogens is 507 g/mol. The maximum atomic E-state index is 14.1. The second-order valence-electron chi connectivity index (χ2n) is 7.56. The standard InChI is InChI=1S/C26H17BrF3N3O/c27-19-13-11-17(12-14-19)21-15-23(26(28,29)30)33-25(31-21)24(18-7-3-1-4-8-18)22(32-33)16-34-20-9-5-2-6-10-20/h1-15H,16H2. The molecule has 0 aliphatic carbocycles. The van der Waals surface area contributed by atoms with Crippen LogP contribution in [-0.2, 0) is 12.8 Å². The van der Waals surface area contributed by atoms with Crippen LogP contribution in [0.15, 0.2) is 95.5 Å². The van der Waals surface area contributed by atoms with Gasteiger partial charge in [-0.1, -0.05) is 76.6 Å². The van der Waals surface area contributed by atoms with Gasteiger partial charge in [0.05, 0.1) is 11.3 Å². The Kier molecular flexibility index (Phi) is 5.83. The fraction of sp³-hybridized carbons (Fsp3) is 0.0769. The van der Waals surface area contributed by atoms with Crippen molar-refractivity contribution in [3.05, 3.63) is 107 Å². The fourth-order valence-corrected chi connectivity index (χ4v) is 3.97. The van der Waals surface area contributed by atoms with Crippen molar-refractivity contribution < 1.29 is 17.9 Å². The van der Waals surface area contributed by atoms with Gasteiger partial charge in [0.1, 0.15) is 18.1 Å². The lowest BCUT2D eigenvalue weighted by atomic mass is 10.1. The Morgan fingerprint density at radius 1 is 0.824 bits per heavy atom. The van der Waals surface area contributed by atoms with Gasteiger partial charge in [-0.3, -0.25) is 0 Å². The molecule has 0 unspecified atom stereocenters. The number of aromatic nitrogens is 3. The van der Waals surface area contributed by atoms with E-state index in [1.165, 1.54) is 0 Å². The van der Waals surface area contributed by atoms with Crippen LogP contribution in [0.5, 0.6) is 5.75 Å². The third kappa shape index (κ3) is 4.41. The highest BCUT2D eigenvalue weighted by atomic mass is 79.9. The molecule has 0 N–H and O–H groups in total. The highest BCUT2D eigenvalue weighted by molar-refractivity contribution is 9.10. The minimum Gasteiger partial charge on any atom is -0.487 e. The van der Waals surface area contributed by atoms with Crippen molar-refractivity contribution in [2.45, 2.75) is 12.8 Å². The Morgan fingerprint density at radius 2 is 1.47 bits per heavy atom. The Morgan fingerprint density at radius 3 is 2.12 bits per heavy atom. The zero-order valence-electron chi connectivity index (χ0n) is 17.6. The van der Waals surface area contributed by atoms with Gasteiger partial charge in [-0.05, 0) is 35.9 Å². The summed E-state index contributed by atoms with van der Waals surface area (Å²) < 4.78 is 50.0. The number of nitrogens with zero attached hydrogens (tertiary/aromatic N) is 3. The van der Waals surface area contributed by atoms with E-state index in [-0.39, 0.29) is 17.9 Å². The van der Waals surface area contributed by atoms with Crippen molar-refractivity contribution in [3.8, 4) is 28.1 Å².